The summed E-state index contributed by atoms with van der Waals surface area (Å²) < 4.78 is 0. The molecule has 0 aliphatic heterocycles. The third-order valence-electron chi connectivity index (χ3n) is 3.45. The number of benzene rings is 2. The normalized spacial score (nSPS) is 10.0. The monoisotopic (exact) mass is 311 g/mol. The van der Waals surface area contributed by atoms with Crippen molar-refractivity contribution in [1.29, 1.82) is 0 Å². The minimum absolute atomic E-state index is 0.111. The van der Waals surface area contributed by atoms with E-state index >= 15 is 0 Å². The molecule has 0 aliphatic carbocycles. The lowest BCUT2D eigenvalue weighted by molar-refractivity contribution is -0.119. The summed E-state index contributed by atoms with van der Waals surface area (Å²) in [5, 5.41) is 8.43. The summed E-state index contributed by atoms with van der Waals surface area (Å²) in [7, 11) is 1.58. The van der Waals surface area contributed by atoms with Gasteiger partial charge in [0.1, 0.15) is 0 Å². The number of hydrogen-bond acceptors (Lipinski definition) is 3. The maximum Gasteiger partial charge on any atom is 0.253 e. The Bertz CT molecular complexity index is 681. The zero-order valence-electron chi connectivity index (χ0n) is 13.3. The minimum atomic E-state index is -0.187. The van der Waals surface area contributed by atoms with Gasteiger partial charge in [-0.2, -0.15) is 0 Å². The van der Waals surface area contributed by atoms with Gasteiger partial charge >= 0.3 is 0 Å². The van der Waals surface area contributed by atoms with E-state index in [0.717, 1.165) is 5.56 Å². The summed E-state index contributed by atoms with van der Waals surface area (Å²) in [6.45, 7) is 2.62. The minimum Gasteiger partial charge on any atom is -0.376 e. The van der Waals surface area contributed by atoms with E-state index in [1.165, 1.54) is 5.56 Å². The van der Waals surface area contributed by atoms with Crippen LogP contribution in [0, 0.1) is 6.92 Å². The van der Waals surface area contributed by atoms with E-state index < -0.39 is 0 Å². The molecule has 3 N–H and O–H groups in total. The van der Waals surface area contributed by atoms with Crippen molar-refractivity contribution in [1.82, 2.24) is 10.6 Å². The average molecular weight is 311 g/mol. The van der Waals surface area contributed by atoms with E-state index in [4.69, 9.17) is 0 Å². The van der Waals surface area contributed by atoms with Crippen molar-refractivity contribution in [2.75, 3.05) is 18.9 Å². The third kappa shape index (κ3) is 4.85. The molecule has 0 spiro atoms. The summed E-state index contributed by atoms with van der Waals surface area (Å²) >= 11 is 0. The van der Waals surface area contributed by atoms with Crippen molar-refractivity contribution < 1.29 is 9.59 Å². The fourth-order valence-electron chi connectivity index (χ4n) is 2.11. The maximum absolute atomic E-state index is 11.9. The van der Waals surface area contributed by atoms with E-state index in [9.17, 15) is 9.59 Å². The molecule has 2 amide bonds. The molecule has 0 atom stereocenters. The molecule has 2 aromatic carbocycles. The first-order valence-corrected chi connectivity index (χ1v) is 7.47. The topological polar surface area (TPSA) is 70.2 Å². The van der Waals surface area contributed by atoms with Crippen LogP contribution in [0.5, 0.6) is 0 Å². The van der Waals surface area contributed by atoms with Gasteiger partial charge in [0.25, 0.3) is 5.91 Å². The zero-order chi connectivity index (χ0) is 16.7. The quantitative estimate of drug-likeness (QED) is 0.765. The molecule has 5 nitrogen and oxygen atoms in total. The van der Waals surface area contributed by atoms with Gasteiger partial charge in [-0.1, -0.05) is 42.0 Å². The van der Waals surface area contributed by atoms with Gasteiger partial charge in [0, 0.05) is 19.3 Å². The van der Waals surface area contributed by atoms with Crippen LogP contribution < -0.4 is 16.0 Å². The number of amides is 2. The number of aryl methyl sites for hydroxylation is 1. The molecular formula is C18H21N3O2. The number of carbonyl (C=O) groups excluding carboxylic acids is 2. The lowest BCUT2D eigenvalue weighted by Gasteiger charge is -2.11. The van der Waals surface area contributed by atoms with E-state index in [0.29, 0.717) is 17.8 Å². The Balaban J connectivity index is 1.87. The molecule has 120 valence electrons. The zero-order valence-corrected chi connectivity index (χ0v) is 13.3. The standard InChI is InChI=1S/C18H21N3O2/c1-13-7-9-14(10-8-13)11-21-17(22)12-20-16-6-4-3-5-15(16)18(23)19-2/h3-10,20H,11-12H2,1-2H3,(H,19,23)(H,21,22). The average Bonchev–Trinajstić information content (AvgIpc) is 2.59. The van der Waals surface area contributed by atoms with Crippen LogP contribution >= 0.6 is 0 Å². The van der Waals surface area contributed by atoms with Gasteiger partial charge in [-0.05, 0) is 24.6 Å². The van der Waals surface area contributed by atoms with Crippen LogP contribution in [0.1, 0.15) is 21.5 Å². The first-order chi connectivity index (χ1) is 11.1. The molecule has 23 heavy (non-hydrogen) atoms. The number of carbonyl (C=O) groups is 2. The molecule has 0 aliphatic rings. The highest BCUT2D eigenvalue weighted by Gasteiger charge is 2.09. The van der Waals surface area contributed by atoms with Gasteiger partial charge in [-0.25, -0.2) is 0 Å². The van der Waals surface area contributed by atoms with Crippen molar-refractivity contribution in [3.63, 3.8) is 0 Å². The van der Waals surface area contributed by atoms with Crippen LogP contribution in [0.15, 0.2) is 48.5 Å². The highest BCUT2D eigenvalue weighted by molar-refractivity contribution is 5.99. The molecule has 0 saturated carbocycles. The van der Waals surface area contributed by atoms with Gasteiger partial charge in [0.05, 0.1) is 12.1 Å². The summed E-state index contributed by atoms with van der Waals surface area (Å²) in [6.07, 6.45) is 0. The van der Waals surface area contributed by atoms with Gasteiger partial charge < -0.3 is 16.0 Å². The number of hydrogen-bond donors (Lipinski definition) is 3. The van der Waals surface area contributed by atoms with Gasteiger partial charge in [-0.15, -0.1) is 0 Å². The SMILES string of the molecule is CNC(=O)c1ccccc1NCC(=O)NCc1ccc(C)cc1. The van der Waals surface area contributed by atoms with Crippen LogP contribution in [0.4, 0.5) is 5.69 Å². The van der Waals surface area contributed by atoms with Gasteiger partial charge in [0.2, 0.25) is 5.91 Å². The first kappa shape index (κ1) is 16.5. The predicted molar refractivity (Wildman–Crippen MR) is 91.3 cm³/mol. The van der Waals surface area contributed by atoms with E-state index in [-0.39, 0.29) is 18.4 Å². The number of nitrogens with one attached hydrogen (secondary N) is 3. The third-order valence-corrected chi connectivity index (χ3v) is 3.45. The van der Waals surface area contributed by atoms with E-state index in [2.05, 4.69) is 16.0 Å². The second-order valence-electron chi connectivity index (χ2n) is 5.24. The molecule has 0 fully saturated rings. The Morgan fingerprint density at radius 1 is 1.00 bits per heavy atom. The molecule has 2 aromatic rings. The molecule has 0 heterocycles. The second kappa shape index (κ2) is 7.98. The summed E-state index contributed by atoms with van der Waals surface area (Å²) in [5.74, 6) is -0.314. The lowest BCUT2D eigenvalue weighted by Crippen LogP contribution is -2.30. The Labute approximate surface area is 136 Å². The molecule has 0 aromatic heterocycles. The summed E-state index contributed by atoms with van der Waals surface area (Å²) in [5.41, 5.74) is 3.39. The molecule has 0 radical (unpaired) electrons. The van der Waals surface area contributed by atoms with Crippen LogP contribution in [-0.4, -0.2) is 25.4 Å². The van der Waals surface area contributed by atoms with Crippen molar-refractivity contribution >= 4 is 17.5 Å². The highest BCUT2D eigenvalue weighted by atomic mass is 16.2. The predicted octanol–water partition coefficient (Wildman–Crippen LogP) is 2.08. The molecule has 0 bridgehead atoms. The summed E-state index contributed by atoms with van der Waals surface area (Å²) in [6, 6.07) is 15.1. The second-order valence-corrected chi connectivity index (χ2v) is 5.24. The van der Waals surface area contributed by atoms with Crippen molar-refractivity contribution in [2.45, 2.75) is 13.5 Å². The number of para-hydroxylation sites is 1. The molecule has 2 rings (SSSR count). The molecule has 5 heteroatoms. The van der Waals surface area contributed by atoms with Gasteiger partial charge in [0.15, 0.2) is 0 Å². The highest BCUT2D eigenvalue weighted by Crippen LogP contribution is 2.14. The van der Waals surface area contributed by atoms with Crippen LogP contribution in [-0.2, 0) is 11.3 Å². The Morgan fingerprint density at radius 2 is 1.70 bits per heavy atom. The lowest BCUT2D eigenvalue weighted by atomic mass is 10.1. The Kier molecular flexibility index (Phi) is 5.74. The van der Waals surface area contributed by atoms with Gasteiger partial charge in [-0.3, -0.25) is 9.59 Å². The fourth-order valence-corrected chi connectivity index (χ4v) is 2.11. The summed E-state index contributed by atoms with van der Waals surface area (Å²) in [4.78, 5) is 23.7. The largest absolute Gasteiger partial charge is 0.376 e. The molecular weight excluding hydrogens is 290 g/mol. The van der Waals surface area contributed by atoms with Crippen LogP contribution in [0.3, 0.4) is 0 Å². The van der Waals surface area contributed by atoms with Crippen molar-refractivity contribution in [3.8, 4) is 0 Å². The number of anilines is 1. The van der Waals surface area contributed by atoms with Crippen molar-refractivity contribution in [3.05, 3.63) is 65.2 Å². The molecule has 0 unspecified atom stereocenters. The van der Waals surface area contributed by atoms with Crippen LogP contribution in [0.2, 0.25) is 0 Å². The molecule has 0 saturated heterocycles. The van der Waals surface area contributed by atoms with Crippen molar-refractivity contribution in [2.24, 2.45) is 0 Å². The Morgan fingerprint density at radius 3 is 2.39 bits per heavy atom. The van der Waals surface area contributed by atoms with E-state index in [1.807, 2.05) is 37.3 Å². The Hall–Kier alpha value is -2.82. The van der Waals surface area contributed by atoms with E-state index in [1.54, 1.807) is 25.2 Å². The number of rotatable bonds is 6. The maximum atomic E-state index is 11.9. The first-order valence-electron chi connectivity index (χ1n) is 7.47. The van der Waals surface area contributed by atoms with Crippen LogP contribution in [0.25, 0.3) is 0 Å². The smallest absolute Gasteiger partial charge is 0.253 e. The fraction of sp³-hybridized carbons (Fsp3) is 0.222.